The van der Waals surface area contributed by atoms with Crippen LogP contribution in [0.4, 0.5) is 0 Å². The molecule has 63 heavy (non-hydrogen) atoms. The number of phenolic OH excluding ortho intramolecular Hbond substituents is 1. The number of rotatable bonds is 6. The second-order valence-corrected chi connectivity index (χ2v) is 17.5. The molecule has 8 amide bonds. The van der Waals surface area contributed by atoms with E-state index in [1.54, 1.807) is 13.8 Å². The molecule has 0 radical (unpaired) electrons. The molecule has 12 N–H and O–H groups in total. The molecule has 1 saturated heterocycles. The average molecular weight is 904 g/mol. The van der Waals surface area contributed by atoms with Crippen LogP contribution in [0.25, 0.3) is 10.9 Å². The zero-order valence-electron chi connectivity index (χ0n) is 34.9. The van der Waals surface area contributed by atoms with E-state index >= 15 is 0 Å². The second-order valence-electron chi connectivity index (χ2n) is 16.1. The number of H-pyrrole nitrogens is 1. The molecule has 3 aliphatic heterocycles. The number of nitrogens with zero attached hydrogens (tertiary/aromatic N) is 1. The van der Waals surface area contributed by atoms with Crippen LogP contribution in [0, 0.1) is 11.8 Å². The first kappa shape index (κ1) is 47.9. The first-order valence-electron chi connectivity index (χ1n) is 20.3. The van der Waals surface area contributed by atoms with Gasteiger partial charge < -0.3 is 67.5 Å². The molecule has 4 heterocycles. The number of nitrogens with one attached hydrogen (secondary N) is 8. The molecule has 11 atom stereocenters. The van der Waals surface area contributed by atoms with E-state index in [-0.39, 0.29) is 27.2 Å². The number of aromatic amines is 1. The molecule has 23 nitrogen and oxygen atoms in total. The lowest BCUT2D eigenvalue weighted by molar-refractivity contribution is -0.146. The van der Waals surface area contributed by atoms with Gasteiger partial charge in [0.2, 0.25) is 47.3 Å². The van der Waals surface area contributed by atoms with Crippen molar-refractivity contribution in [1.82, 2.24) is 47.1 Å². The minimum absolute atomic E-state index is 0.101. The van der Waals surface area contributed by atoms with Crippen LogP contribution in [-0.2, 0) is 60.4 Å². The molecule has 0 saturated carbocycles. The van der Waals surface area contributed by atoms with Crippen molar-refractivity contribution in [3.05, 3.63) is 23.8 Å². The topological polar surface area (TPSA) is 355 Å². The number of benzene rings is 1. The third-order valence-corrected chi connectivity index (χ3v) is 12.9. The summed E-state index contributed by atoms with van der Waals surface area (Å²) in [6.07, 6.45) is -4.17. The molecule has 0 spiro atoms. The fraction of sp³-hybridized carbons (Fsp3) is 0.564. The van der Waals surface area contributed by atoms with Crippen LogP contribution in [-0.4, -0.2) is 162 Å². The summed E-state index contributed by atoms with van der Waals surface area (Å²) in [6.45, 7) is 4.12. The Morgan fingerprint density at radius 1 is 0.841 bits per heavy atom. The highest BCUT2D eigenvalue weighted by Gasteiger charge is 2.45. The molecule has 5 rings (SSSR count). The van der Waals surface area contributed by atoms with Gasteiger partial charge in [-0.1, -0.05) is 27.2 Å². The molecule has 24 heteroatoms. The van der Waals surface area contributed by atoms with Crippen molar-refractivity contribution in [2.75, 3.05) is 25.4 Å². The van der Waals surface area contributed by atoms with E-state index in [9.17, 15) is 67.8 Å². The summed E-state index contributed by atoms with van der Waals surface area (Å²) in [4.78, 5) is 127. The molecule has 2 bridgehead atoms. The SMILES string of the molecule is CC[C@H](C)[C@@H]1NC(=O)CNC(=O)[C@@H]2Cc3c([nH]c4cc(O)ccc34)S(=O)C[C@H](NC(=O)CNC1=O)C(=O)N[C@@H](CC(=O)O)C(=O)N1C[C@H](O)C[C@H]1C(=O)N[C@@H]([C@@H](C)[C@H](C)O)C(=O)N2. The Bertz CT molecular complexity index is 2180. The number of aromatic hydroxyl groups is 1. The number of carbonyl (C=O) groups excluding carboxylic acids is 8. The van der Waals surface area contributed by atoms with Crippen molar-refractivity contribution < 1.29 is 67.8 Å². The van der Waals surface area contributed by atoms with Crippen LogP contribution in [0.5, 0.6) is 5.75 Å². The zero-order chi connectivity index (χ0) is 46.4. The Kier molecular flexibility index (Phi) is 15.5. The molecule has 3 aliphatic rings. The monoisotopic (exact) mass is 903 g/mol. The van der Waals surface area contributed by atoms with Crippen molar-refractivity contribution in [2.45, 2.75) is 107 Å². The quantitative estimate of drug-likeness (QED) is 0.131. The van der Waals surface area contributed by atoms with Gasteiger partial charge in [0.1, 0.15) is 47.0 Å². The lowest BCUT2D eigenvalue weighted by Gasteiger charge is -2.32. The summed E-state index contributed by atoms with van der Waals surface area (Å²) in [6, 6.07) is -5.86. The third kappa shape index (κ3) is 11.5. The number of phenols is 1. The fourth-order valence-electron chi connectivity index (χ4n) is 7.56. The largest absolute Gasteiger partial charge is 0.508 e. The highest BCUT2D eigenvalue weighted by Crippen LogP contribution is 2.30. The number of aliphatic hydroxyl groups is 2. The number of carbonyl (C=O) groups is 9. The molecule has 1 fully saturated rings. The number of hydrogen-bond acceptors (Lipinski definition) is 13. The summed E-state index contributed by atoms with van der Waals surface area (Å²) in [7, 11) is -2.38. The van der Waals surface area contributed by atoms with Crippen molar-refractivity contribution >= 4 is 74.9 Å². The number of carboxylic acids is 1. The van der Waals surface area contributed by atoms with E-state index in [1.807, 2.05) is 0 Å². The van der Waals surface area contributed by atoms with Crippen LogP contribution in [0.2, 0.25) is 0 Å². The van der Waals surface area contributed by atoms with Gasteiger partial charge in [0.05, 0.1) is 53.8 Å². The van der Waals surface area contributed by atoms with Crippen LogP contribution in [0.15, 0.2) is 23.2 Å². The van der Waals surface area contributed by atoms with Gasteiger partial charge in [-0.2, -0.15) is 0 Å². The molecular formula is C39H53N9O14S. The maximum absolute atomic E-state index is 14.5. The number of amides is 8. The van der Waals surface area contributed by atoms with Gasteiger partial charge in [-0.15, -0.1) is 0 Å². The standard InChI is InChI=1S/C39H53N9O14S/c1-5-16(2)31-36(59)41-12-28(52)42-26-15-63(62)38-22(21-7-6-19(50)8-23(21)45-38)10-24(33(56)40-13-29(53)46-31)43-37(60)32(17(3)18(4)49)47-35(58)27-9-20(51)14-48(27)39(61)25(11-30(54)55)44-34(26)57/h6-8,16-18,20,24-27,31-32,45,49-51H,5,9-15H2,1-4H3,(H,40,56)(H,41,59)(H,42,52)(H,43,60)(H,44,57)(H,46,53)(H,47,58)(H,54,55)/t16-,17-,18-,20+,24-,25-,26-,27-,31-,32-,63?/m0/s1. The van der Waals surface area contributed by atoms with Gasteiger partial charge in [-0.3, -0.25) is 47.4 Å². The normalized spacial score (nSPS) is 28.8. The predicted molar refractivity (Wildman–Crippen MR) is 219 cm³/mol. The maximum atomic E-state index is 14.5. The minimum Gasteiger partial charge on any atom is -0.508 e. The van der Waals surface area contributed by atoms with E-state index in [0.29, 0.717) is 6.42 Å². The van der Waals surface area contributed by atoms with Crippen molar-refractivity contribution in [3.8, 4) is 5.75 Å². The second kappa shape index (κ2) is 20.4. The number of carboxylic acid groups (broad SMARTS) is 1. The fourth-order valence-corrected chi connectivity index (χ4v) is 8.96. The smallest absolute Gasteiger partial charge is 0.305 e. The molecule has 1 unspecified atom stereocenters. The molecule has 1 aromatic heterocycles. The number of aliphatic carboxylic acids is 1. The van der Waals surface area contributed by atoms with E-state index in [1.165, 1.54) is 32.0 Å². The summed E-state index contributed by atoms with van der Waals surface area (Å²) in [5.41, 5.74) is 0.283. The number of aromatic nitrogens is 1. The van der Waals surface area contributed by atoms with Crippen molar-refractivity contribution in [2.24, 2.45) is 11.8 Å². The summed E-state index contributed by atoms with van der Waals surface area (Å²) >= 11 is 0. The van der Waals surface area contributed by atoms with Gasteiger partial charge >= 0.3 is 5.97 Å². The van der Waals surface area contributed by atoms with E-state index in [4.69, 9.17) is 0 Å². The van der Waals surface area contributed by atoms with E-state index in [2.05, 4.69) is 42.2 Å². The molecule has 0 aliphatic carbocycles. The van der Waals surface area contributed by atoms with E-state index < -0.39 is 169 Å². The number of hydrogen-bond donors (Lipinski definition) is 12. The Balaban J connectivity index is 1.73. The lowest BCUT2D eigenvalue weighted by atomic mass is 9.94. The van der Waals surface area contributed by atoms with Crippen molar-refractivity contribution in [1.29, 1.82) is 0 Å². The summed E-state index contributed by atoms with van der Waals surface area (Å²) in [5, 5.41) is 58.7. The van der Waals surface area contributed by atoms with Gasteiger partial charge in [0.15, 0.2) is 0 Å². The van der Waals surface area contributed by atoms with Crippen LogP contribution in [0.1, 0.15) is 52.5 Å². The average Bonchev–Trinajstić information content (AvgIpc) is 3.80. The highest BCUT2D eigenvalue weighted by atomic mass is 32.2. The summed E-state index contributed by atoms with van der Waals surface area (Å²) < 4.78 is 14.5. The van der Waals surface area contributed by atoms with Gasteiger partial charge in [-0.25, -0.2) is 0 Å². The number of aliphatic hydroxyl groups excluding tert-OH is 2. The first-order chi connectivity index (χ1) is 29.7. The highest BCUT2D eigenvalue weighted by molar-refractivity contribution is 7.85. The Labute approximate surface area is 362 Å². The van der Waals surface area contributed by atoms with Crippen molar-refractivity contribution in [3.63, 3.8) is 0 Å². The van der Waals surface area contributed by atoms with Crippen LogP contribution in [0.3, 0.4) is 0 Å². The Morgan fingerprint density at radius 3 is 2.16 bits per heavy atom. The Hall–Kier alpha value is -6.14. The molecule has 2 aromatic rings. The van der Waals surface area contributed by atoms with Crippen LogP contribution < -0.4 is 37.2 Å². The first-order valence-corrected chi connectivity index (χ1v) is 21.7. The molecular weight excluding hydrogens is 851 g/mol. The predicted octanol–water partition coefficient (Wildman–Crippen LogP) is -4.29. The third-order valence-electron chi connectivity index (χ3n) is 11.5. The maximum Gasteiger partial charge on any atom is 0.305 e. The molecule has 1 aromatic carbocycles. The lowest BCUT2D eigenvalue weighted by Crippen LogP contribution is -2.62. The summed E-state index contributed by atoms with van der Waals surface area (Å²) in [5.74, 6) is -12.2. The Morgan fingerprint density at radius 2 is 1.51 bits per heavy atom. The number of fused-ring (bicyclic) bond motifs is 5. The zero-order valence-corrected chi connectivity index (χ0v) is 35.7. The van der Waals surface area contributed by atoms with Gasteiger partial charge in [-0.05, 0) is 30.5 Å². The molecule has 344 valence electrons. The van der Waals surface area contributed by atoms with Gasteiger partial charge in [0, 0.05) is 36.8 Å². The van der Waals surface area contributed by atoms with Crippen LogP contribution >= 0.6 is 0 Å². The minimum atomic E-state index is -2.38. The van der Waals surface area contributed by atoms with Gasteiger partial charge in [0.25, 0.3) is 0 Å². The van der Waals surface area contributed by atoms with E-state index in [0.717, 1.165) is 4.90 Å².